The number of nitrogens with two attached hydrogens (primary N) is 1. The molecule has 0 fully saturated rings. The largest absolute Gasteiger partial charge is 0.482 e. The van der Waals surface area contributed by atoms with Crippen LogP contribution in [0.4, 0.5) is 10.2 Å². The highest BCUT2D eigenvalue weighted by molar-refractivity contribution is 9.10. The molecule has 1 aromatic carbocycles. The van der Waals surface area contributed by atoms with Crippen molar-refractivity contribution in [1.29, 1.82) is 5.26 Å². The molecule has 3 aromatic heterocycles. The summed E-state index contributed by atoms with van der Waals surface area (Å²) in [6.45, 7) is 1.75. The van der Waals surface area contributed by atoms with Gasteiger partial charge < -0.3 is 15.6 Å². The maximum atomic E-state index is 14.2. The van der Waals surface area contributed by atoms with Crippen molar-refractivity contribution >= 4 is 21.7 Å². The minimum Gasteiger partial charge on any atom is -0.482 e. The molecule has 33 heavy (non-hydrogen) atoms. The first-order valence-electron chi connectivity index (χ1n) is 9.82. The molecule has 0 aliphatic heterocycles. The Morgan fingerprint density at radius 2 is 2.06 bits per heavy atom. The van der Waals surface area contributed by atoms with Crippen LogP contribution in [0, 0.1) is 17.1 Å². The van der Waals surface area contributed by atoms with Crippen LogP contribution in [-0.4, -0.2) is 29.7 Å². The molecule has 4 rings (SSSR count). The third-order valence-corrected chi connectivity index (χ3v) is 5.49. The number of aryl methyl sites for hydroxylation is 1. The van der Waals surface area contributed by atoms with Crippen molar-refractivity contribution in [3.63, 3.8) is 0 Å². The minimum atomic E-state index is -1.17. The Morgan fingerprint density at radius 3 is 2.79 bits per heavy atom. The lowest BCUT2D eigenvalue weighted by Crippen LogP contribution is -2.14. The van der Waals surface area contributed by atoms with Crippen molar-refractivity contribution in [1.82, 2.24) is 24.5 Å². The molecule has 0 spiro atoms. The van der Waals surface area contributed by atoms with Crippen LogP contribution in [0.1, 0.15) is 41.8 Å². The zero-order chi connectivity index (χ0) is 23.7. The van der Waals surface area contributed by atoms with Crippen LogP contribution in [0.2, 0.25) is 0 Å². The zero-order valence-electron chi connectivity index (χ0n) is 17.6. The van der Waals surface area contributed by atoms with Crippen LogP contribution in [0.15, 0.2) is 53.3 Å². The summed E-state index contributed by atoms with van der Waals surface area (Å²) in [6.07, 6.45) is 1.26. The molecular formula is C22H19BrFN7O2. The van der Waals surface area contributed by atoms with E-state index in [-0.39, 0.29) is 11.5 Å². The van der Waals surface area contributed by atoms with Crippen LogP contribution < -0.4 is 10.5 Å². The fourth-order valence-corrected chi connectivity index (χ4v) is 3.73. The Balaban J connectivity index is 1.73. The van der Waals surface area contributed by atoms with Gasteiger partial charge in [-0.1, -0.05) is 0 Å². The summed E-state index contributed by atoms with van der Waals surface area (Å²) in [5, 5.41) is 28.7. The van der Waals surface area contributed by atoms with Crippen LogP contribution in [0.5, 0.6) is 5.75 Å². The van der Waals surface area contributed by atoms with E-state index in [1.807, 2.05) is 6.07 Å². The van der Waals surface area contributed by atoms with E-state index in [1.165, 1.54) is 33.8 Å². The van der Waals surface area contributed by atoms with Crippen molar-refractivity contribution in [2.45, 2.75) is 19.1 Å². The van der Waals surface area contributed by atoms with Crippen molar-refractivity contribution in [3.05, 3.63) is 81.7 Å². The normalized spacial score (nSPS) is 12.8. The monoisotopic (exact) mass is 511 g/mol. The topological polar surface area (TPSA) is 128 Å². The van der Waals surface area contributed by atoms with E-state index in [9.17, 15) is 14.8 Å². The number of anilines is 1. The molecule has 0 aliphatic rings. The van der Waals surface area contributed by atoms with E-state index < -0.39 is 18.0 Å². The molecule has 0 bridgehead atoms. The number of hydrogen-bond donors (Lipinski definition) is 2. The van der Waals surface area contributed by atoms with Gasteiger partial charge in [0.1, 0.15) is 29.8 Å². The Labute approximate surface area is 197 Å². The second-order valence-corrected chi connectivity index (χ2v) is 8.18. The first-order chi connectivity index (χ1) is 15.8. The summed E-state index contributed by atoms with van der Waals surface area (Å²) >= 11 is 3.33. The van der Waals surface area contributed by atoms with Gasteiger partial charge in [-0.3, -0.25) is 4.68 Å². The van der Waals surface area contributed by atoms with Gasteiger partial charge in [0.2, 0.25) is 0 Å². The van der Waals surface area contributed by atoms with Gasteiger partial charge in [-0.15, -0.1) is 0 Å². The lowest BCUT2D eigenvalue weighted by molar-refractivity contribution is 0.205. The van der Waals surface area contributed by atoms with Crippen LogP contribution in [-0.2, 0) is 7.05 Å². The summed E-state index contributed by atoms with van der Waals surface area (Å²) in [5.41, 5.74) is 7.88. The first kappa shape index (κ1) is 22.4. The van der Waals surface area contributed by atoms with Gasteiger partial charge in [-0.05, 0) is 53.2 Å². The summed E-state index contributed by atoms with van der Waals surface area (Å²) in [6, 6.07) is 11.0. The molecule has 168 valence electrons. The highest BCUT2D eigenvalue weighted by Crippen LogP contribution is 2.32. The average molecular weight is 512 g/mol. The number of aliphatic hydroxyl groups is 1. The fraction of sp³-hybridized carbons (Fsp3) is 0.182. The molecule has 0 saturated carbocycles. The molecule has 2 atom stereocenters. The Kier molecular flexibility index (Phi) is 6.13. The highest BCUT2D eigenvalue weighted by Gasteiger charge is 2.24. The fourth-order valence-electron chi connectivity index (χ4n) is 3.42. The number of ether oxygens (including phenoxy) is 1. The lowest BCUT2D eigenvalue weighted by Gasteiger charge is -2.21. The van der Waals surface area contributed by atoms with Crippen LogP contribution in [0.25, 0.3) is 5.69 Å². The van der Waals surface area contributed by atoms with Gasteiger partial charge in [0.15, 0.2) is 11.6 Å². The van der Waals surface area contributed by atoms with Gasteiger partial charge in [0.05, 0.1) is 17.1 Å². The Hall–Kier alpha value is -3.75. The molecule has 0 aliphatic carbocycles. The standard InChI is InChI=1S/C22H19BrFN7O2/c1-12(33-20-7-13(23)11-27-22(20)26)16-8-14(24)3-4-18(16)31-19(5-6-28-31)21(32)17-9-15(10-25)30(2)29-17/h3-9,11-12,21,32H,1-2H3,(H2,26,27). The number of aromatic nitrogens is 5. The van der Waals surface area contributed by atoms with Gasteiger partial charge in [0, 0.05) is 35.5 Å². The van der Waals surface area contributed by atoms with E-state index in [1.54, 1.807) is 38.4 Å². The predicted octanol–water partition coefficient (Wildman–Crippen LogP) is 3.58. The van der Waals surface area contributed by atoms with Crippen LogP contribution in [0.3, 0.4) is 0 Å². The molecule has 0 amide bonds. The van der Waals surface area contributed by atoms with Crippen molar-refractivity contribution in [3.8, 4) is 17.5 Å². The van der Waals surface area contributed by atoms with E-state index in [0.717, 1.165) is 0 Å². The summed E-state index contributed by atoms with van der Waals surface area (Å²) < 4.78 is 23.8. The van der Waals surface area contributed by atoms with E-state index >= 15 is 0 Å². The van der Waals surface area contributed by atoms with Crippen LogP contribution >= 0.6 is 15.9 Å². The number of halogens is 2. The summed E-state index contributed by atoms with van der Waals surface area (Å²) in [7, 11) is 1.62. The number of hydrogen-bond acceptors (Lipinski definition) is 7. The quantitative estimate of drug-likeness (QED) is 0.404. The Morgan fingerprint density at radius 1 is 1.27 bits per heavy atom. The molecule has 0 radical (unpaired) electrons. The van der Waals surface area contributed by atoms with E-state index in [2.05, 4.69) is 31.1 Å². The molecule has 2 unspecified atom stereocenters. The third-order valence-electron chi connectivity index (χ3n) is 5.05. The predicted molar refractivity (Wildman–Crippen MR) is 121 cm³/mol. The third kappa shape index (κ3) is 4.44. The average Bonchev–Trinajstić information content (AvgIpc) is 3.42. The van der Waals surface area contributed by atoms with Gasteiger partial charge in [-0.2, -0.15) is 15.5 Å². The maximum absolute atomic E-state index is 14.2. The lowest BCUT2D eigenvalue weighted by atomic mass is 10.1. The number of pyridine rings is 1. The molecule has 0 saturated heterocycles. The second-order valence-electron chi connectivity index (χ2n) is 7.26. The molecule has 9 nitrogen and oxygen atoms in total. The van der Waals surface area contributed by atoms with Gasteiger partial charge >= 0.3 is 0 Å². The second kappa shape index (κ2) is 9.01. The number of nitrogen functional groups attached to an aromatic ring is 1. The summed E-state index contributed by atoms with van der Waals surface area (Å²) in [5.74, 6) is 0.0779. The summed E-state index contributed by atoms with van der Waals surface area (Å²) in [4.78, 5) is 4.05. The number of aliphatic hydroxyl groups excluding tert-OH is 1. The minimum absolute atomic E-state index is 0.196. The highest BCUT2D eigenvalue weighted by atomic mass is 79.9. The van der Waals surface area contributed by atoms with Crippen molar-refractivity contribution < 1.29 is 14.2 Å². The number of nitriles is 1. The van der Waals surface area contributed by atoms with Gasteiger partial charge in [-0.25, -0.2) is 14.1 Å². The molecule has 4 aromatic rings. The molecule has 11 heteroatoms. The zero-order valence-corrected chi connectivity index (χ0v) is 19.2. The maximum Gasteiger partial charge on any atom is 0.166 e. The Bertz CT molecular complexity index is 1360. The smallest absolute Gasteiger partial charge is 0.166 e. The van der Waals surface area contributed by atoms with E-state index in [0.29, 0.717) is 32.9 Å². The SMILES string of the molecule is CC(Oc1cc(Br)cnc1N)c1cc(F)ccc1-n1nccc1C(O)c1cc(C#N)n(C)n1. The number of benzene rings is 1. The van der Waals surface area contributed by atoms with Crippen molar-refractivity contribution in [2.24, 2.45) is 7.05 Å². The van der Waals surface area contributed by atoms with Crippen molar-refractivity contribution in [2.75, 3.05) is 5.73 Å². The first-order valence-corrected chi connectivity index (χ1v) is 10.6. The number of rotatable bonds is 6. The van der Waals surface area contributed by atoms with Gasteiger partial charge in [0.25, 0.3) is 0 Å². The molecule has 3 N–H and O–H groups in total. The molecular weight excluding hydrogens is 493 g/mol. The van der Waals surface area contributed by atoms with E-state index in [4.69, 9.17) is 10.5 Å². The molecule has 3 heterocycles. The number of nitrogens with zero attached hydrogens (tertiary/aromatic N) is 6.